The predicted octanol–water partition coefficient (Wildman–Crippen LogP) is 1.16. The zero-order chi connectivity index (χ0) is 9.14. The van der Waals surface area contributed by atoms with Crippen molar-refractivity contribution in [3.8, 4) is 0 Å². The molecule has 68 valence electrons. The third-order valence-electron chi connectivity index (χ3n) is 2.27. The first kappa shape index (κ1) is 9.23. The molecule has 0 bridgehead atoms. The van der Waals surface area contributed by atoms with Crippen molar-refractivity contribution in [2.45, 2.75) is 26.7 Å². The number of ether oxygens (including phenoxy) is 1. The van der Waals surface area contributed by atoms with Gasteiger partial charge in [0.05, 0.1) is 11.8 Å². The second kappa shape index (κ2) is 3.70. The van der Waals surface area contributed by atoms with Crippen LogP contribution in [-0.2, 0) is 14.3 Å². The van der Waals surface area contributed by atoms with Crippen molar-refractivity contribution in [1.82, 2.24) is 0 Å². The number of esters is 1. The van der Waals surface area contributed by atoms with Crippen LogP contribution in [0.3, 0.4) is 0 Å². The lowest BCUT2D eigenvalue weighted by Crippen LogP contribution is -2.33. The molecule has 0 N–H and O–H groups in total. The molecule has 1 aliphatic heterocycles. The molecule has 0 aromatic heterocycles. The molecular formula is C9H14O3. The van der Waals surface area contributed by atoms with Crippen LogP contribution in [0, 0.1) is 11.8 Å². The minimum Gasteiger partial charge on any atom is -0.465 e. The van der Waals surface area contributed by atoms with E-state index in [-0.39, 0.29) is 30.2 Å². The van der Waals surface area contributed by atoms with Crippen LogP contribution in [0.2, 0.25) is 0 Å². The first-order valence-corrected chi connectivity index (χ1v) is 4.34. The lowest BCUT2D eigenvalue weighted by atomic mass is 9.90. The van der Waals surface area contributed by atoms with Crippen LogP contribution in [0.15, 0.2) is 0 Å². The molecule has 1 saturated heterocycles. The van der Waals surface area contributed by atoms with Crippen molar-refractivity contribution < 1.29 is 14.3 Å². The molecule has 0 aliphatic carbocycles. The van der Waals surface area contributed by atoms with E-state index in [0.29, 0.717) is 12.8 Å². The van der Waals surface area contributed by atoms with Gasteiger partial charge in [-0.25, -0.2) is 0 Å². The summed E-state index contributed by atoms with van der Waals surface area (Å²) in [4.78, 5) is 22.1. The van der Waals surface area contributed by atoms with Gasteiger partial charge in [-0.05, 0) is 6.42 Å². The summed E-state index contributed by atoms with van der Waals surface area (Å²) in [5, 5.41) is 0. The third-order valence-corrected chi connectivity index (χ3v) is 2.27. The van der Waals surface area contributed by atoms with Gasteiger partial charge in [0.2, 0.25) is 0 Å². The van der Waals surface area contributed by atoms with E-state index in [1.54, 1.807) is 6.92 Å². The van der Waals surface area contributed by atoms with E-state index in [2.05, 4.69) is 0 Å². The van der Waals surface area contributed by atoms with Gasteiger partial charge in [0.15, 0.2) is 0 Å². The van der Waals surface area contributed by atoms with E-state index >= 15 is 0 Å². The highest BCUT2D eigenvalue weighted by molar-refractivity contribution is 5.83. The van der Waals surface area contributed by atoms with Crippen molar-refractivity contribution in [3.05, 3.63) is 0 Å². The molecule has 1 rings (SSSR count). The number of rotatable bonds is 2. The molecule has 2 unspecified atom stereocenters. The van der Waals surface area contributed by atoms with E-state index in [4.69, 9.17) is 4.74 Å². The third kappa shape index (κ3) is 1.84. The van der Waals surface area contributed by atoms with Gasteiger partial charge in [-0.3, -0.25) is 9.59 Å². The maximum absolute atomic E-state index is 11.2. The van der Waals surface area contributed by atoms with Gasteiger partial charge >= 0.3 is 5.97 Å². The van der Waals surface area contributed by atoms with Crippen LogP contribution in [0.25, 0.3) is 0 Å². The molecule has 1 fully saturated rings. The van der Waals surface area contributed by atoms with Crippen LogP contribution >= 0.6 is 0 Å². The Hall–Kier alpha value is -0.860. The van der Waals surface area contributed by atoms with Gasteiger partial charge in [0.25, 0.3) is 0 Å². The standard InChI is InChI=1S/C9H14O3/c1-3-8(10)7-4-6(2)9(11)12-5-7/h6-7H,3-5H2,1-2H3. The monoisotopic (exact) mass is 170 g/mol. The summed E-state index contributed by atoms with van der Waals surface area (Å²) in [5.74, 6) is -0.133. The fraction of sp³-hybridized carbons (Fsp3) is 0.778. The first-order valence-electron chi connectivity index (χ1n) is 4.34. The fourth-order valence-corrected chi connectivity index (χ4v) is 1.43. The Balaban J connectivity index is 2.50. The Morgan fingerprint density at radius 2 is 2.33 bits per heavy atom. The van der Waals surface area contributed by atoms with Gasteiger partial charge in [-0.2, -0.15) is 0 Å². The summed E-state index contributed by atoms with van der Waals surface area (Å²) in [6.45, 7) is 3.93. The zero-order valence-electron chi connectivity index (χ0n) is 7.50. The molecule has 0 saturated carbocycles. The van der Waals surface area contributed by atoms with Gasteiger partial charge in [-0.1, -0.05) is 13.8 Å². The lowest BCUT2D eigenvalue weighted by molar-refractivity contribution is -0.157. The first-order chi connectivity index (χ1) is 5.65. The second-order valence-corrected chi connectivity index (χ2v) is 3.28. The molecule has 0 amide bonds. The van der Waals surface area contributed by atoms with Crippen molar-refractivity contribution in [3.63, 3.8) is 0 Å². The number of Topliss-reactive ketones (excluding diaryl/α,β-unsaturated/α-hetero) is 1. The molecular weight excluding hydrogens is 156 g/mol. The Labute approximate surface area is 72.1 Å². The highest BCUT2D eigenvalue weighted by Crippen LogP contribution is 2.21. The molecule has 0 aromatic carbocycles. The van der Waals surface area contributed by atoms with Crippen molar-refractivity contribution in [2.24, 2.45) is 11.8 Å². The Bertz CT molecular complexity index is 198. The summed E-state index contributed by atoms with van der Waals surface area (Å²) in [6, 6.07) is 0. The molecule has 12 heavy (non-hydrogen) atoms. The Morgan fingerprint density at radius 1 is 1.67 bits per heavy atom. The SMILES string of the molecule is CCC(=O)C1COC(=O)C(C)C1. The molecule has 0 spiro atoms. The highest BCUT2D eigenvalue weighted by atomic mass is 16.5. The molecule has 0 aromatic rings. The average Bonchev–Trinajstić information content (AvgIpc) is 2.08. The summed E-state index contributed by atoms with van der Waals surface area (Å²) < 4.78 is 4.87. The van der Waals surface area contributed by atoms with Gasteiger partial charge in [0, 0.05) is 6.42 Å². The average molecular weight is 170 g/mol. The van der Waals surface area contributed by atoms with Crippen molar-refractivity contribution >= 4 is 11.8 Å². The lowest BCUT2D eigenvalue weighted by Gasteiger charge is -2.24. The summed E-state index contributed by atoms with van der Waals surface area (Å²) in [7, 11) is 0. The highest BCUT2D eigenvalue weighted by Gasteiger charge is 2.30. The number of hydrogen-bond donors (Lipinski definition) is 0. The Morgan fingerprint density at radius 3 is 2.83 bits per heavy atom. The van der Waals surface area contributed by atoms with E-state index < -0.39 is 0 Å². The number of carbonyl (C=O) groups excluding carboxylic acids is 2. The molecule has 0 radical (unpaired) electrons. The van der Waals surface area contributed by atoms with Crippen LogP contribution in [0.1, 0.15) is 26.7 Å². The number of carbonyl (C=O) groups is 2. The Kier molecular flexibility index (Phi) is 2.84. The van der Waals surface area contributed by atoms with Crippen LogP contribution in [-0.4, -0.2) is 18.4 Å². The normalized spacial score (nSPS) is 29.7. The minimum atomic E-state index is -0.171. The maximum atomic E-state index is 11.2. The number of cyclic esters (lactones) is 1. The quantitative estimate of drug-likeness (QED) is 0.584. The summed E-state index contributed by atoms with van der Waals surface area (Å²) in [5.41, 5.74) is 0. The van der Waals surface area contributed by atoms with E-state index in [0.717, 1.165) is 0 Å². The molecule has 1 heterocycles. The van der Waals surface area contributed by atoms with E-state index in [9.17, 15) is 9.59 Å². The largest absolute Gasteiger partial charge is 0.465 e. The second-order valence-electron chi connectivity index (χ2n) is 3.28. The minimum absolute atomic E-state index is 0.0531. The maximum Gasteiger partial charge on any atom is 0.308 e. The summed E-state index contributed by atoms with van der Waals surface area (Å²) >= 11 is 0. The van der Waals surface area contributed by atoms with Crippen molar-refractivity contribution in [1.29, 1.82) is 0 Å². The van der Waals surface area contributed by atoms with Gasteiger partial charge in [-0.15, -0.1) is 0 Å². The van der Waals surface area contributed by atoms with Crippen LogP contribution < -0.4 is 0 Å². The van der Waals surface area contributed by atoms with Crippen LogP contribution in [0.4, 0.5) is 0 Å². The van der Waals surface area contributed by atoms with Crippen molar-refractivity contribution in [2.75, 3.05) is 6.61 Å². The predicted molar refractivity (Wildman–Crippen MR) is 43.5 cm³/mol. The summed E-state index contributed by atoms with van der Waals surface area (Å²) in [6.07, 6.45) is 1.19. The van der Waals surface area contributed by atoms with E-state index in [1.165, 1.54) is 0 Å². The topological polar surface area (TPSA) is 43.4 Å². The molecule has 2 atom stereocenters. The molecule has 3 nitrogen and oxygen atoms in total. The van der Waals surface area contributed by atoms with Crippen LogP contribution in [0.5, 0.6) is 0 Å². The fourth-order valence-electron chi connectivity index (χ4n) is 1.43. The van der Waals surface area contributed by atoms with Gasteiger partial charge < -0.3 is 4.74 Å². The number of hydrogen-bond acceptors (Lipinski definition) is 3. The zero-order valence-corrected chi connectivity index (χ0v) is 7.50. The molecule has 3 heteroatoms. The molecule has 1 aliphatic rings. The van der Waals surface area contributed by atoms with Gasteiger partial charge in [0.1, 0.15) is 12.4 Å². The smallest absolute Gasteiger partial charge is 0.308 e. The number of ketones is 1. The van der Waals surface area contributed by atoms with E-state index in [1.807, 2.05) is 6.92 Å².